The third-order valence-corrected chi connectivity index (χ3v) is 2.13. The van der Waals surface area contributed by atoms with Gasteiger partial charge in [-0.3, -0.25) is 14.4 Å². The predicted molar refractivity (Wildman–Crippen MR) is 62.8 cm³/mol. The van der Waals surface area contributed by atoms with Gasteiger partial charge in [-0.25, -0.2) is 0 Å². The Balaban J connectivity index is 3.82. The van der Waals surface area contributed by atoms with E-state index in [2.05, 4.69) is 10.6 Å². The van der Waals surface area contributed by atoms with Gasteiger partial charge in [0.15, 0.2) is 0 Å². The van der Waals surface area contributed by atoms with Crippen LogP contribution in [0.25, 0.3) is 0 Å². The molecule has 3 N–H and O–H groups in total. The molecule has 0 saturated heterocycles. The molecular formula is C11H18N2O5. The van der Waals surface area contributed by atoms with Gasteiger partial charge in [0.05, 0.1) is 6.04 Å². The third kappa shape index (κ3) is 9.32. The fourth-order valence-electron chi connectivity index (χ4n) is 1.26. The van der Waals surface area contributed by atoms with Crippen molar-refractivity contribution in [2.45, 2.75) is 38.6 Å². The van der Waals surface area contributed by atoms with Crippen LogP contribution in [0.1, 0.15) is 32.6 Å². The number of rotatable bonds is 9. The van der Waals surface area contributed by atoms with Crippen molar-refractivity contribution >= 4 is 24.1 Å². The summed E-state index contributed by atoms with van der Waals surface area (Å²) in [4.78, 5) is 42.9. The van der Waals surface area contributed by atoms with E-state index in [1.54, 1.807) is 0 Å². The van der Waals surface area contributed by atoms with E-state index in [9.17, 15) is 19.2 Å². The summed E-state index contributed by atoms with van der Waals surface area (Å²) in [5.41, 5.74) is 0. The van der Waals surface area contributed by atoms with Crippen molar-refractivity contribution in [3.8, 4) is 0 Å². The average Bonchev–Trinajstić information content (AvgIpc) is 2.26. The van der Waals surface area contributed by atoms with E-state index in [0.717, 1.165) is 0 Å². The van der Waals surface area contributed by atoms with Crippen LogP contribution >= 0.6 is 0 Å². The minimum atomic E-state index is -0.958. The van der Waals surface area contributed by atoms with Gasteiger partial charge in [0.25, 0.3) is 0 Å². The molecule has 0 aliphatic heterocycles. The SMILES string of the molecule is CC(=O)NCCC(C=O)NC(=O)CCCC(=O)O. The molecule has 102 valence electrons. The summed E-state index contributed by atoms with van der Waals surface area (Å²) < 4.78 is 0. The van der Waals surface area contributed by atoms with Crippen LogP contribution in [0.15, 0.2) is 0 Å². The van der Waals surface area contributed by atoms with E-state index >= 15 is 0 Å². The van der Waals surface area contributed by atoms with E-state index in [1.807, 2.05) is 0 Å². The molecule has 0 aromatic rings. The Labute approximate surface area is 105 Å². The fourth-order valence-corrected chi connectivity index (χ4v) is 1.26. The smallest absolute Gasteiger partial charge is 0.303 e. The molecule has 7 nitrogen and oxygen atoms in total. The van der Waals surface area contributed by atoms with Crippen molar-refractivity contribution in [1.82, 2.24) is 10.6 Å². The molecule has 0 rings (SSSR count). The number of carboxylic acids is 1. The van der Waals surface area contributed by atoms with Gasteiger partial charge in [-0.05, 0) is 12.8 Å². The van der Waals surface area contributed by atoms with Crippen molar-refractivity contribution in [2.24, 2.45) is 0 Å². The van der Waals surface area contributed by atoms with Gasteiger partial charge in [0, 0.05) is 26.3 Å². The molecule has 0 aliphatic rings. The Bertz CT molecular complexity index is 317. The summed E-state index contributed by atoms with van der Waals surface area (Å²) in [5, 5.41) is 13.4. The Kier molecular flexibility index (Phi) is 8.17. The molecule has 7 heteroatoms. The molecular weight excluding hydrogens is 240 g/mol. The lowest BCUT2D eigenvalue weighted by Crippen LogP contribution is -2.38. The summed E-state index contributed by atoms with van der Waals surface area (Å²) in [5.74, 6) is -1.52. The molecule has 0 aromatic carbocycles. The lowest BCUT2D eigenvalue weighted by molar-refractivity contribution is -0.137. The zero-order chi connectivity index (χ0) is 14.0. The summed E-state index contributed by atoms with van der Waals surface area (Å²) in [7, 11) is 0. The molecule has 0 aliphatic carbocycles. The molecule has 1 unspecified atom stereocenters. The monoisotopic (exact) mass is 258 g/mol. The van der Waals surface area contributed by atoms with Gasteiger partial charge >= 0.3 is 5.97 Å². The van der Waals surface area contributed by atoms with Crippen LogP contribution in [0.3, 0.4) is 0 Å². The van der Waals surface area contributed by atoms with Crippen LogP contribution in [-0.2, 0) is 19.2 Å². The van der Waals surface area contributed by atoms with Gasteiger partial charge in [0.2, 0.25) is 11.8 Å². The molecule has 0 heterocycles. The maximum atomic E-state index is 11.3. The number of nitrogens with one attached hydrogen (secondary N) is 2. The first-order valence-electron chi connectivity index (χ1n) is 5.66. The highest BCUT2D eigenvalue weighted by Gasteiger charge is 2.11. The van der Waals surface area contributed by atoms with Crippen LogP contribution in [0.2, 0.25) is 0 Å². The van der Waals surface area contributed by atoms with E-state index in [-0.39, 0.29) is 31.1 Å². The predicted octanol–water partition coefficient (Wildman–Crippen LogP) is -0.549. The van der Waals surface area contributed by atoms with Crippen LogP contribution in [0, 0.1) is 0 Å². The van der Waals surface area contributed by atoms with E-state index in [1.165, 1.54) is 6.92 Å². The number of aliphatic carboxylic acids is 1. The first kappa shape index (κ1) is 16.1. The molecule has 0 aromatic heterocycles. The maximum absolute atomic E-state index is 11.3. The molecule has 2 amide bonds. The Hall–Kier alpha value is -1.92. The maximum Gasteiger partial charge on any atom is 0.303 e. The zero-order valence-corrected chi connectivity index (χ0v) is 10.3. The minimum Gasteiger partial charge on any atom is -0.481 e. The second-order valence-corrected chi connectivity index (χ2v) is 3.83. The van der Waals surface area contributed by atoms with Crippen molar-refractivity contribution < 1.29 is 24.3 Å². The van der Waals surface area contributed by atoms with E-state index in [4.69, 9.17) is 5.11 Å². The van der Waals surface area contributed by atoms with Crippen LogP contribution in [0.4, 0.5) is 0 Å². The lowest BCUT2D eigenvalue weighted by Gasteiger charge is -2.12. The summed E-state index contributed by atoms with van der Waals surface area (Å²) >= 11 is 0. The topological polar surface area (TPSA) is 113 Å². The van der Waals surface area contributed by atoms with Crippen molar-refractivity contribution in [2.75, 3.05) is 6.54 Å². The van der Waals surface area contributed by atoms with Gasteiger partial charge < -0.3 is 20.5 Å². The second-order valence-electron chi connectivity index (χ2n) is 3.83. The van der Waals surface area contributed by atoms with Crippen molar-refractivity contribution in [3.63, 3.8) is 0 Å². The van der Waals surface area contributed by atoms with E-state index in [0.29, 0.717) is 19.3 Å². The van der Waals surface area contributed by atoms with Gasteiger partial charge in [-0.15, -0.1) is 0 Å². The number of hydrogen-bond donors (Lipinski definition) is 3. The third-order valence-electron chi connectivity index (χ3n) is 2.13. The van der Waals surface area contributed by atoms with E-state index < -0.39 is 12.0 Å². The largest absolute Gasteiger partial charge is 0.481 e. The standard InChI is InChI=1S/C11H18N2O5/c1-8(15)12-6-5-9(7-14)13-10(16)3-2-4-11(17)18/h7,9H,2-6H2,1H3,(H,12,15)(H,13,16)(H,17,18). The normalized spacial score (nSPS) is 11.4. The Morgan fingerprint density at radius 3 is 2.44 bits per heavy atom. The molecule has 18 heavy (non-hydrogen) atoms. The summed E-state index contributed by atoms with van der Waals surface area (Å²) in [6, 6.07) is -0.658. The lowest BCUT2D eigenvalue weighted by atomic mass is 10.2. The second kappa shape index (κ2) is 9.15. The highest BCUT2D eigenvalue weighted by molar-refractivity contribution is 5.80. The number of amides is 2. The van der Waals surface area contributed by atoms with Crippen LogP contribution in [-0.4, -0.2) is 41.8 Å². The van der Waals surface area contributed by atoms with Crippen LogP contribution < -0.4 is 10.6 Å². The molecule has 0 fully saturated rings. The highest BCUT2D eigenvalue weighted by atomic mass is 16.4. The number of carbonyl (C=O) groups is 4. The molecule has 0 bridgehead atoms. The first-order valence-corrected chi connectivity index (χ1v) is 5.66. The van der Waals surface area contributed by atoms with Gasteiger partial charge in [-0.2, -0.15) is 0 Å². The van der Waals surface area contributed by atoms with Crippen molar-refractivity contribution in [3.05, 3.63) is 0 Å². The van der Waals surface area contributed by atoms with Crippen LogP contribution in [0.5, 0.6) is 0 Å². The number of carbonyl (C=O) groups excluding carboxylic acids is 3. The minimum absolute atomic E-state index is 0.0662. The quantitative estimate of drug-likeness (QED) is 0.480. The summed E-state index contributed by atoms with van der Waals surface area (Å²) in [6.07, 6.45) is 1.13. The molecule has 0 saturated carbocycles. The molecule has 1 atom stereocenters. The zero-order valence-electron chi connectivity index (χ0n) is 10.3. The average molecular weight is 258 g/mol. The summed E-state index contributed by atoms with van der Waals surface area (Å²) in [6.45, 7) is 1.66. The first-order chi connectivity index (χ1) is 8.45. The Morgan fingerprint density at radius 1 is 1.28 bits per heavy atom. The van der Waals surface area contributed by atoms with Gasteiger partial charge in [-0.1, -0.05) is 0 Å². The molecule has 0 radical (unpaired) electrons. The fraction of sp³-hybridized carbons (Fsp3) is 0.636. The Morgan fingerprint density at radius 2 is 1.94 bits per heavy atom. The highest BCUT2D eigenvalue weighted by Crippen LogP contribution is 1.96. The number of hydrogen-bond acceptors (Lipinski definition) is 4. The van der Waals surface area contributed by atoms with Gasteiger partial charge in [0.1, 0.15) is 6.29 Å². The molecule has 0 spiro atoms. The van der Waals surface area contributed by atoms with Crippen molar-refractivity contribution in [1.29, 1.82) is 0 Å². The number of aldehydes is 1. The number of carboxylic acid groups (broad SMARTS) is 1.